The van der Waals surface area contributed by atoms with E-state index in [1.807, 2.05) is 25.1 Å². The first-order valence-corrected chi connectivity index (χ1v) is 10.6. The topological polar surface area (TPSA) is 79.8 Å². The number of rotatable bonds is 7. The molecule has 0 aromatic heterocycles. The van der Waals surface area contributed by atoms with E-state index in [0.717, 1.165) is 17.5 Å². The summed E-state index contributed by atoms with van der Waals surface area (Å²) in [5, 5.41) is 7.40. The number of hydrogen-bond acceptors (Lipinski definition) is 4. The Morgan fingerprint density at radius 2 is 1.78 bits per heavy atom. The first kappa shape index (κ1) is 23.3. The lowest BCUT2D eigenvalue weighted by Crippen LogP contribution is -2.32. The highest BCUT2D eigenvalue weighted by Gasteiger charge is 2.14. The summed E-state index contributed by atoms with van der Waals surface area (Å²) in [5.41, 5.74) is 5.34. The number of carbonyl (C=O) groups is 2. The molecule has 2 N–H and O–H groups in total. The van der Waals surface area contributed by atoms with Crippen molar-refractivity contribution >= 4 is 46.9 Å². The van der Waals surface area contributed by atoms with Crippen LogP contribution in [0.4, 0.5) is 5.69 Å². The Labute approximate surface area is 196 Å². The number of carbonyl (C=O) groups excluding carboxylic acids is 2. The fraction of sp³-hybridized carbons (Fsp3) is 0.125. The molecule has 0 saturated heterocycles. The largest absolute Gasteiger partial charge is 0.489 e. The van der Waals surface area contributed by atoms with Crippen molar-refractivity contribution in [2.45, 2.75) is 20.0 Å². The minimum atomic E-state index is -0.862. The van der Waals surface area contributed by atoms with Crippen molar-refractivity contribution in [1.82, 2.24) is 5.43 Å². The average Bonchev–Trinajstić information content (AvgIpc) is 2.80. The molecule has 8 heteroatoms. The van der Waals surface area contributed by atoms with Gasteiger partial charge in [0.25, 0.3) is 0 Å². The lowest BCUT2D eigenvalue weighted by molar-refractivity contribution is -0.136. The van der Waals surface area contributed by atoms with E-state index in [4.69, 9.17) is 27.9 Å². The Balaban J connectivity index is 1.54. The molecule has 0 spiro atoms. The van der Waals surface area contributed by atoms with Crippen LogP contribution in [0.25, 0.3) is 0 Å². The molecule has 3 rings (SSSR count). The van der Waals surface area contributed by atoms with Crippen molar-refractivity contribution in [3.8, 4) is 5.75 Å². The number of anilines is 1. The number of para-hydroxylation sites is 1. The predicted octanol–water partition coefficient (Wildman–Crippen LogP) is 5.22. The fourth-order valence-corrected chi connectivity index (χ4v) is 3.15. The van der Waals surface area contributed by atoms with E-state index in [0.29, 0.717) is 33.7 Å². The standard InChI is InChI=1S/C24H21Cl2N3O3/c1-2-18-7-3-4-9-22(18)28-23(30)24(31)29-27-14-16-6-5-8-19(12-16)32-15-17-10-11-20(25)21(26)13-17/h3-14H,2,15H2,1H3,(H,28,30)(H,29,31)/b27-14-. The van der Waals surface area contributed by atoms with Crippen LogP contribution in [0, 0.1) is 0 Å². The molecule has 0 aliphatic rings. The van der Waals surface area contributed by atoms with Crippen LogP contribution in [0.3, 0.4) is 0 Å². The predicted molar refractivity (Wildman–Crippen MR) is 127 cm³/mol. The summed E-state index contributed by atoms with van der Waals surface area (Å²) in [6.07, 6.45) is 2.16. The van der Waals surface area contributed by atoms with E-state index < -0.39 is 11.8 Å². The summed E-state index contributed by atoms with van der Waals surface area (Å²) in [7, 11) is 0. The van der Waals surface area contributed by atoms with Crippen LogP contribution in [0.2, 0.25) is 10.0 Å². The van der Waals surface area contributed by atoms with E-state index in [9.17, 15) is 9.59 Å². The van der Waals surface area contributed by atoms with Gasteiger partial charge in [-0.25, -0.2) is 5.43 Å². The number of hydrazone groups is 1. The highest BCUT2D eigenvalue weighted by atomic mass is 35.5. The van der Waals surface area contributed by atoms with Gasteiger partial charge in [0.15, 0.2) is 0 Å². The molecule has 2 amide bonds. The number of nitrogens with one attached hydrogen (secondary N) is 2. The van der Waals surface area contributed by atoms with Gasteiger partial charge >= 0.3 is 11.8 Å². The average molecular weight is 470 g/mol. The number of nitrogens with zero attached hydrogens (tertiary/aromatic N) is 1. The summed E-state index contributed by atoms with van der Waals surface area (Å²) >= 11 is 11.9. The first-order valence-electron chi connectivity index (χ1n) is 9.85. The monoisotopic (exact) mass is 469 g/mol. The molecule has 164 valence electrons. The van der Waals surface area contributed by atoms with Crippen LogP contribution in [0.5, 0.6) is 5.75 Å². The van der Waals surface area contributed by atoms with Crippen molar-refractivity contribution in [2.75, 3.05) is 5.32 Å². The van der Waals surface area contributed by atoms with Crippen molar-refractivity contribution in [3.63, 3.8) is 0 Å². The minimum absolute atomic E-state index is 0.313. The van der Waals surface area contributed by atoms with Crippen molar-refractivity contribution in [2.24, 2.45) is 5.10 Å². The molecule has 0 aliphatic heterocycles. The van der Waals surface area contributed by atoms with Crippen LogP contribution in [-0.2, 0) is 22.6 Å². The second-order valence-corrected chi connectivity index (χ2v) is 7.59. The zero-order chi connectivity index (χ0) is 22.9. The van der Waals surface area contributed by atoms with E-state index >= 15 is 0 Å². The lowest BCUT2D eigenvalue weighted by atomic mass is 10.1. The number of benzene rings is 3. The van der Waals surface area contributed by atoms with Crippen LogP contribution in [-0.4, -0.2) is 18.0 Å². The summed E-state index contributed by atoms with van der Waals surface area (Å²) in [4.78, 5) is 24.1. The normalized spacial score (nSPS) is 10.7. The number of aryl methyl sites for hydroxylation is 1. The maximum Gasteiger partial charge on any atom is 0.329 e. The van der Waals surface area contributed by atoms with Gasteiger partial charge in [0.05, 0.1) is 16.3 Å². The molecule has 32 heavy (non-hydrogen) atoms. The summed E-state index contributed by atoms with van der Waals surface area (Å²) in [5.74, 6) is -1.04. The van der Waals surface area contributed by atoms with Gasteiger partial charge in [-0.2, -0.15) is 5.10 Å². The number of ether oxygens (including phenoxy) is 1. The second kappa shape index (κ2) is 11.3. The van der Waals surface area contributed by atoms with E-state index in [-0.39, 0.29) is 0 Å². The third-order valence-electron chi connectivity index (χ3n) is 4.48. The van der Waals surface area contributed by atoms with Crippen LogP contribution in [0.1, 0.15) is 23.6 Å². The van der Waals surface area contributed by atoms with Gasteiger partial charge in [0, 0.05) is 5.69 Å². The molecule has 3 aromatic rings. The van der Waals surface area contributed by atoms with Crippen LogP contribution >= 0.6 is 23.2 Å². The van der Waals surface area contributed by atoms with E-state index in [2.05, 4.69) is 15.8 Å². The molecule has 6 nitrogen and oxygen atoms in total. The fourth-order valence-electron chi connectivity index (χ4n) is 2.83. The van der Waals surface area contributed by atoms with E-state index in [1.54, 1.807) is 48.5 Å². The SMILES string of the molecule is CCc1ccccc1NC(=O)C(=O)N/N=C\c1cccc(OCc2ccc(Cl)c(Cl)c2)c1. The Hall–Kier alpha value is -3.35. The quantitative estimate of drug-likeness (QED) is 0.282. The van der Waals surface area contributed by atoms with Gasteiger partial charge in [-0.15, -0.1) is 0 Å². The molecule has 0 radical (unpaired) electrons. The van der Waals surface area contributed by atoms with Gasteiger partial charge in [-0.1, -0.05) is 66.5 Å². The van der Waals surface area contributed by atoms with Gasteiger partial charge in [-0.05, 0) is 53.4 Å². The third-order valence-corrected chi connectivity index (χ3v) is 5.22. The molecule has 0 unspecified atom stereocenters. The highest BCUT2D eigenvalue weighted by molar-refractivity contribution is 6.42. The Bertz CT molecular complexity index is 1150. The molecule has 0 heterocycles. The number of hydrogen-bond donors (Lipinski definition) is 2. The molecular weight excluding hydrogens is 449 g/mol. The maximum atomic E-state index is 12.1. The van der Waals surface area contributed by atoms with Crippen LogP contribution in [0.15, 0.2) is 71.8 Å². The van der Waals surface area contributed by atoms with Crippen molar-refractivity contribution < 1.29 is 14.3 Å². The summed E-state index contributed by atoms with van der Waals surface area (Å²) in [6, 6.07) is 19.7. The molecular formula is C24H21Cl2N3O3. The molecule has 0 fully saturated rings. The Morgan fingerprint density at radius 3 is 2.56 bits per heavy atom. The Kier molecular flexibility index (Phi) is 8.25. The highest BCUT2D eigenvalue weighted by Crippen LogP contribution is 2.23. The molecule has 0 aliphatic carbocycles. The maximum absolute atomic E-state index is 12.1. The van der Waals surface area contributed by atoms with Gasteiger partial charge < -0.3 is 10.1 Å². The molecule has 0 atom stereocenters. The Morgan fingerprint density at radius 1 is 0.969 bits per heavy atom. The lowest BCUT2D eigenvalue weighted by Gasteiger charge is -2.08. The zero-order valence-corrected chi connectivity index (χ0v) is 18.8. The van der Waals surface area contributed by atoms with Gasteiger partial charge in [0.2, 0.25) is 0 Å². The summed E-state index contributed by atoms with van der Waals surface area (Å²) < 4.78 is 5.77. The summed E-state index contributed by atoms with van der Waals surface area (Å²) in [6.45, 7) is 2.28. The molecule has 0 bridgehead atoms. The third kappa shape index (κ3) is 6.57. The number of halogens is 2. The van der Waals surface area contributed by atoms with Gasteiger partial charge in [0.1, 0.15) is 12.4 Å². The first-order chi connectivity index (χ1) is 15.5. The van der Waals surface area contributed by atoms with Crippen molar-refractivity contribution in [1.29, 1.82) is 0 Å². The zero-order valence-electron chi connectivity index (χ0n) is 17.3. The minimum Gasteiger partial charge on any atom is -0.489 e. The van der Waals surface area contributed by atoms with Gasteiger partial charge in [-0.3, -0.25) is 9.59 Å². The van der Waals surface area contributed by atoms with Crippen molar-refractivity contribution in [3.05, 3.63) is 93.5 Å². The molecule has 0 saturated carbocycles. The van der Waals surface area contributed by atoms with Crippen LogP contribution < -0.4 is 15.5 Å². The second-order valence-electron chi connectivity index (χ2n) is 6.77. The smallest absolute Gasteiger partial charge is 0.329 e. The molecule has 3 aromatic carbocycles. The number of amides is 2. The van der Waals surface area contributed by atoms with E-state index in [1.165, 1.54) is 6.21 Å².